The van der Waals surface area contributed by atoms with E-state index in [1.54, 1.807) is 30.5 Å². The molecule has 12 heteroatoms. The Morgan fingerprint density at radius 1 is 1.05 bits per heavy atom. The van der Waals surface area contributed by atoms with Gasteiger partial charge in [0.2, 0.25) is 5.91 Å². The van der Waals surface area contributed by atoms with Gasteiger partial charge in [-0.1, -0.05) is 18.2 Å². The smallest absolute Gasteiger partial charge is 0.416 e. The number of halogens is 3. The molecule has 3 aromatic rings. The zero-order chi connectivity index (χ0) is 29.6. The fourth-order valence-electron chi connectivity index (χ4n) is 4.41. The molecule has 2 N–H and O–H groups in total. The van der Waals surface area contributed by atoms with Crippen molar-refractivity contribution in [1.82, 2.24) is 4.98 Å². The average molecular weight is 571 g/mol. The number of ether oxygens (including phenoxy) is 2. The summed E-state index contributed by atoms with van der Waals surface area (Å²) in [5, 5.41) is 15.4. The molecule has 1 aliphatic rings. The van der Waals surface area contributed by atoms with Crippen molar-refractivity contribution in [3.05, 3.63) is 77.1 Å². The molecule has 1 atom stereocenters. The van der Waals surface area contributed by atoms with E-state index in [0.717, 1.165) is 30.2 Å². The molecule has 0 radical (unpaired) electrons. The molecule has 2 amide bonds. The van der Waals surface area contributed by atoms with E-state index in [4.69, 9.17) is 9.47 Å². The van der Waals surface area contributed by atoms with Gasteiger partial charge in [0, 0.05) is 24.1 Å². The third-order valence-corrected chi connectivity index (χ3v) is 6.36. The number of carbonyl (C=O) groups excluding carboxylic acids is 3. The third kappa shape index (κ3) is 8.12. The number of aryl methyl sites for hydroxylation is 1. The second kappa shape index (κ2) is 12.9. The van der Waals surface area contributed by atoms with Crippen molar-refractivity contribution in [2.75, 3.05) is 17.2 Å². The van der Waals surface area contributed by atoms with Crippen LogP contribution in [0.5, 0.6) is 0 Å². The lowest BCUT2D eigenvalue weighted by atomic mass is 10.00. The number of hydrogen-bond acceptors (Lipinski definition) is 7. The summed E-state index contributed by atoms with van der Waals surface area (Å²) >= 11 is 0. The first-order valence-electron chi connectivity index (χ1n) is 12.8. The number of Topliss-reactive ketones (excluding diaryl/α,β-unsaturated/α-hetero) is 1. The molecule has 1 aromatic heterocycles. The Hall–Kier alpha value is -4.29. The molecule has 0 spiro atoms. The van der Waals surface area contributed by atoms with Gasteiger partial charge in [-0.25, -0.2) is 0 Å². The van der Waals surface area contributed by atoms with Crippen LogP contribution in [0.4, 0.5) is 29.3 Å². The minimum absolute atomic E-state index is 0.216. The van der Waals surface area contributed by atoms with Gasteiger partial charge >= 0.3 is 6.18 Å². The van der Waals surface area contributed by atoms with Crippen LogP contribution in [0.15, 0.2) is 54.7 Å². The van der Waals surface area contributed by atoms with E-state index in [0.29, 0.717) is 24.7 Å². The van der Waals surface area contributed by atoms with Gasteiger partial charge in [0.05, 0.1) is 30.0 Å². The highest BCUT2D eigenvalue weighted by Gasteiger charge is 2.35. The zero-order valence-electron chi connectivity index (χ0n) is 22.0. The molecule has 1 fully saturated rings. The summed E-state index contributed by atoms with van der Waals surface area (Å²) in [6, 6.07) is 11.7. The minimum Gasteiger partial charge on any atom is -0.530 e. The number of nitrogens with one attached hydrogen (secondary N) is 2. The van der Waals surface area contributed by atoms with Gasteiger partial charge in [0.25, 0.3) is 0 Å². The predicted molar refractivity (Wildman–Crippen MR) is 141 cm³/mol. The Bertz CT molecular complexity index is 1440. The van der Waals surface area contributed by atoms with Gasteiger partial charge in [-0.15, -0.1) is 0 Å². The summed E-state index contributed by atoms with van der Waals surface area (Å²) in [4.78, 5) is 41.0. The molecular weight excluding hydrogens is 543 g/mol. The molecule has 1 aliphatic heterocycles. The highest BCUT2D eigenvalue weighted by molar-refractivity contribution is 6.12. The Morgan fingerprint density at radius 3 is 2.49 bits per heavy atom. The van der Waals surface area contributed by atoms with E-state index in [-0.39, 0.29) is 16.8 Å². The van der Waals surface area contributed by atoms with Gasteiger partial charge in [-0.05, 0) is 73.2 Å². The Morgan fingerprint density at radius 2 is 1.80 bits per heavy atom. The summed E-state index contributed by atoms with van der Waals surface area (Å²) in [5.74, 6) is -1.52. The lowest BCUT2D eigenvalue weighted by Crippen LogP contribution is -2.30. The van der Waals surface area contributed by atoms with Crippen molar-refractivity contribution in [1.29, 1.82) is 0 Å². The predicted octanol–water partition coefficient (Wildman–Crippen LogP) is 5.09. The maximum Gasteiger partial charge on any atom is 0.416 e. The SMILES string of the molecule is Cc1cc(-c2cccc(C(=O)CC(=O)Nc3cc(C(F)(F)F)c(COC4CCCCO4)cc3NC(=O)[O-])c2)ccn1. The van der Waals surface area contributed by atoms with Gasteiger partial charge in [-0.3, -0.25) is 14.6 Å². The number of carboxylic acid groups (broad SMARTS) is 1. The molecule has 1 saturated heterocycles. The lowest BCUT2D eigenvalue weighted by molar-refractivity contribution is -0.242. The molecule has 216 valence electrons. The van der Waals surface area contributed by atoms with Crippen LogP contribution < -0.4 is 15.7 Å². The monoisotopic (exact) mass is 570 g/mol. The van der Waals surface area contributed by atoms with Gasteiger partial charge < -0.3 is 30.0 Å². The largest absolute Gasteiger partial charge is 0.530 e. The number of carbonyl (C=O) groups is 3. The zero-order valence-corrected chi connectivity index (χ0v) is 22.0. The molecule has 41 heavy (non-hydrogen) atoms. The van der Waals surface area contributed by atoms with Crippen molar-refractivity contribution >= 4 is 29.2 Å². The van der Waals surface area contributed by atoms with E-state index in [9.17, 15) is 32.7 Å². The third-order valence-electron chi connectivity index (χ3n) is 6.36. The summed E-state index contributed by atoms with van der Waals surface area (Å²) in [6.45, 7) is 1.73. The highest BCUT2D eigenvalue weighted by atomic mass is 19.4. The van der Waals surface area contributed by atoms with Gasteiger partial charge in [0.15, 0.2) is 12.1 Å². The van der Waals surface area contributed by atoms with E-state index < -0.39 is 54.5 Å². The molecule has 0 aliphatic carbocycles. The first-order chi connectivity index (χ1) is 19.5. The quantitative estimate of drug-likeness (QED) is 0.271. The van der Waals surface area contributed by atoms with Crippen molar-refractivity contribution in [3.63, 3.8) is 0 Å². The fraction of sp³-hybridized carbons (Fsp3) is 0.310. The fourth-order valence-corrected chi connectivity index (χ4v) is 4.41. The van der Waals surface area contributed by atoms with Crippen LogP contribution in [0.3, 0.4) is 0 Å². The number of hydrogen-bond donors (Lipinski definition) is 2. The first kappa shape index (κ1) is 29.7. The molecule has 2 aromatic carbocycles. The van der Waals surface area contributed by atoms with Crippen molar-refractivity contribution in [2.24, 2.45) is 0 Å². The molecular formula is C29H27F3N3O6-. The van der Waals surface area contributed by atoms with Crippen molar-refractivity contribution < 1.29 is 42.1 Å². The number of rotatable bonds is 9. The number of pyridine rings is 1. The second-order valence-corrected chi connectivity index (χ2v) is 9.49. The second-order valence-electron chi connectivity index (χ2n) is 9.49. The van der Waals surface area contributed by atoms with Crippen molar-refractivity contribution in [2.45, 2.75) is 51.7 Å². The van der Waals surface area contributed by atoms with Gasteiger partial charge in [0.1, 0.15) is 6.09 Å². The summed E-state index contributed by atoms with van der Waals surface area (Å²) in [5.41, 5.74) is 0.162. The van der Waals surface area contributed by atoms with Crippen LogP contribution >= 0.6 is 0 Å². The first-order valence-corrected chi connectivity index (χ1v) is 12.8. The lowest BCUT2D eigenvalue weighted by Gasteiger charge is -2.24. The molecule has 2 heterocycles. The summed E-state index contributed by atoms with van der Waals surface area (Å²) in [7, 11) is 0. The van der Waals surface area contributed by atoms with Crippen LogP contribution in [-0.4, -0.2) is 35.7 Å². The molecule has 0 bridgehead atoms. The van der Waals surface area contributed by atoms with Crippen LogP contribution in [0, 0.1) is 6.92 Å². The molecule has 9 nitrogen and oxygen atoms in total. The number of anilines is 2. The Kier molecular flexibility index (Phi) is 9.35. The van der Waals surface area contributed by atoms with Crippen LogP contribution in [0.1, 0.15) is 52.9 Å². The normalized spacial score (nSPS) is 15.3. The topological polar surface area (TPSA) is 130 Å². The van der Waals surface area contributed by atoms with E-state index in [1.807, 2.05) is 18.3 Å². The maximum absolute atomic E-state index is 14.0. The Balaban J connectivity index is 1.54. The van der Waals surface area contributed by atoms with E-state index >= 15 is 0 Å². The van der Waals surface area contributed by atoms with Crippen molar-refractivity contribution in [3.8, 4) is 11.1 Å². The van der Waals surface area contributed by atoms with Gasteiger partial charge in [-0.2, -0.15) is 13.2 Å². The summed E-state index contributed by atoms with van der Waals surface area (Å²) in [6.07, 6.45) is -4.29. The molecule has 4 rings (SSSR count). The number of alkyl halides is 3. The minimum atomic E-state index is -4.85. The van der Waals surface area contributed by atoms with Crippen LogP contribution in [0.2, 0.25) is 0 Å². The average Bonchev–Trinajstić information content (AvgIpc) is 2.92. The number of nitrogens with zero attached hydrogens (tertiary/aromatic N) is 1. The number of benzene rings is 2. The maximum atomic E-state index is 14.0. The number of aromatic nitrogens is 1. The van der Waals surface area contributed by atoms with Crippen LogP contribution in [-0.2, 0) is 27.1 Å². The highest BCUT2D eigenvalue weighted by Crippen LogP contribution is 2.38. The van der Waals surface area contributed by atoms with Crippen LogP contribution in [0.25, 0.3) is 11.1 Å². The molecule has 0 saturated carbocycles. The number of ketones is 1. The Labute approximate surface area is 233 Å². The standard InChI is InChI=1S/C29H28F3N3O6/c1-17-11-19(8-9-33-17)18-5-4-6-20(12-18)25(36)15-26(37)34-24-14-22(29(30,31)32)21(13-23(24)35-28(38)39)16-41-27-7-2-3-10-40-27/h4-6,8-9,11-14,27,35H,2-3,7,10,15-16H2,1H3,(H,34,37)(H,38,39)/p-1. The molecule has 1 unspecified atom stereocenters. The van der Waals surface area contributed by atoms with E-state index in [1.165, 1.54) is 6.07 Å². The number of amides is 2. The van der Waals surface area contributed by atoms with E-state index in [2.05, 4.69) is 10.3 Å². The summed E-state index contributed by atoms with van der Waals surface area (Å²) < 4.78 is 52.7.